The van der Waals surface area contributed by atoms with E-state index in [2.05, 4.69) is 15.0 Å². The molecule has 0 bridgehead atoms. The summed E-state index contributed by atoms with van der Waals surface area (Å²) in [5, 5.41) is 13.5. The minimum atomic E-state index is -0.00125. The first kappa shape index (κ1) is 15.9. The van der Waals surface area contributed by atoms with Gasteiger partial charge in [-0.2, -0.15) is 5.10 Å². The monoisotopic (exact) mass is 317 g/mol. The first-order chi connectivity index (χ1) is 11.0. The normalized spacial score (nSPS) is 16.3. The Morgan fingerprint density at radius 3 is 2.57 bits per heavy atom. The van der Waals surface area contributed by atoms with Crippen LogP contribution in [0.2, 0.25) is 0 Å². The molecule has 0 radical (unpaired) electrons. The van der Waals surface area contributed by atoms with Crippen molar-refractivity contribution in [3.63, 3.8) is 0 Å². The number of aromatic nitrogens is 3. The lowest BCUT2D eigenvalue weighted by atomic mass is 10.2. The van der Waals surface area contributed by atoms with Gasteiger partial charge in [-0.15, -0.1) is 0 Å². The van der Waals surface area contributed by atoms with Crippen LogP contribution in [-0.4, -0.2) is 74.7 Å². The van der Waals surface area contributed by atoms with Crippen LogP contribution >= 0.6 is 0 Å². The van der Waals surface area contributed by atoms with E-state index in [-0.39, 0.29) is 12.5 Å². The number of carbonyl (C=O) groups excluding carboxylic acids is 1. The number of aliphatic hydroxyl groups excluding tert-OH is 1. The standard InChI is InChI=1S/C16H23N5O2/c1-11-10-12(2)21-15(17-11)14(13(3)18-21)16(23)20-6-4-19(5-7-20)8-9-22/h10,22H,4-9H2,1-3H3. The van der Waals surface area contributed by atoms with Crippen LogP contribution in [-0.2, 0) is 0 Å². The molecule has 1 saturated heterocycles. The van der Waals surface area contributed by atoms with Crippen LogP contribution in [0.4, 0.5) is 0 Å². The highest BCUT2D eigenvalue weighted by atomic mass is 16.3. The third-order valence-electron chi connectivity index (χ3n) is 4.36. The highest BCUT2D eigenvalue weighted by molar-refractivity contribution is 6.01. The first-order valence-corrected chi connectivity index (χ1v) is 7.97. The third-order valence-corrected chi connectivity index (χ3v) is 4.36. The van der Waals surface area contributed by atoms with Crippen LogP contribution in [0.1, 0.15) is 27.4 Å². The molecule has 3 rings (SSSR count). The predicted octanol–water partition coefficient (Wildman–Crippen LogP) is 0.405. The van der Waals surface area contributed by atoms with Gasteiger partial charge in [0.1, 0.15) is 5.56 Å². The average Bonchev–Trinajstić information content (AvgIpc) is 2.84. The Labute approximate surface area is 135 Å². The Hall–Kier alpha value is -1.99. The van der Waals surface area contributed by atoms with Gasteiger partial charge in [0.25, 0.3) is 5.91 Å². The van der Waals surface area contributed by atoms with Gasteiger partial charge >= 0.3 is 0 Å². The summed E-state index contributed by atoms with van der Waals surface area (Å²) in [4.78, 5) is 21.5. The molecule has 1 fully saturated rings. The van der Waals surface area contributed by atoms with Crippen molar-refractivity contribution in [1.82, 2.24) is 24.4 Å². The molecule has 0 aromatic carbocycles. The highest BCUT2D eigenvalue weighted by Gasteiger charge is 2.27. The smallest absolute Gasteiger partial charge is 0.259 e. The van der Waals surface area contributed by atoms with Gasteiger partial charge in [-0.3, -0.25) is 9.69 Å². The number of aryl methyl sites for hydroxylation is 3. The maximum atomic E-state index is 12.9. The summed E-state index contributed by atoms with van der Waals surface area (Å²) in [5.74, 6) is -0.00125. The van der Waals surface area contributed by atoms with E-state index in [1.54, 1.807) is 4.52 Å². The number of β-amino-alcohol motifs (C(OH)–C–C–N with tert-alkyl or cyclic N) is 1. The minimum Gasteiger partial charge on any atom is -0.395 e. The Morgan fingerprint density at radius 1 is 1.22 bits per heavy atom. The molecule has 2 aromatic rings. The first-order valence-electron chi connectivity index (χ1n) is 7.97. The molecular formula is C16H23N5O2. The largest absolute Gasteiger partial charge is 0.395 e. The van der Waals surface area contributed by atoms with E-state index in [0.717, 1.165) is 24.5 Å². The summed E-state index contributed by atoms with van der Waals surface area (Å²) in [6, 6.07) is 1.96. The van der Waals surface area contributed by atoms with Crippen molar-refractivity contribution in [3.8, 4) is 0 Å². The van der Waals surface area contributed by atoms with Crippen molar-refractivity contribution < 1.29 is 9.90 Å². The summed E-state index contributed by atoms with van der Waals surface area (Å²) in [6.07, 6.45) is 0. The predicted molar refractivity (Wildman–Crippen MR) is 86.6 cm³/mol. The van der Waals surface area contributed by atoms with Crippen LogP contribution in [0, 0.1) is 20.8 Å². The molecule has 0 unspecified atom stereocenters. The molecular weight excluding hydrogens is 294 g/mol. The summed E-state index contributed by atoms with van der Waals surface area (Å²) in [5.41, 5.74) is 3.82. The maximum Gasteiger partial charge on any atom is 0.259 e. The fourth-order valence-electron chi connectivity index (χ4n) is 3.15. The molecule has 7 nitrogen and oxygen atoms in total. The molecule has 1 aliphatic heterocycles. The molecule has 0 aliphatic carbocycles. The van der Waals surface area contributed by atoms with Gasteiger partial charge < -0.3 is 10.0 Å². The molecule has 1 N–H and O–H groups in total. The molecule has 3 heterocycles. The number of amides is 1. The van der Waals surface area contributed by atoms with Gasteiger partial charge in [0.2, 0.25) is 0 Å². The maximum absolute atomic E-state index is 12.9. The van der Waals surface area contributed by atoms with E-state index >= 15 is 0 Å². The molecule has 124 valence electrons. The van der Waals surface area contributed by atoms with Crippen molar-refractivity contribution >= 4 is 11.6 Å². The second-order valence-corrected chi connectivity index (χ2v) is 6.09. The number of rotatable bonds is 3. The Kier molecular flexibility index (Phi) is 4.32. The van der Waals surface area contributed by atoms with E-state index in [0.29, 0.717) is 36.5 Å². The van der Waals surface area contributed by atoms with Gasteiger partial charge in [0, 0.05) is 44.1 Å². The lowest BCUT2D eigenvalue weighted by molar-refractivity contribution is 0.0616. The van der Waals surface area contributed by atoms with E-state index in [1.165, 1.54) is 0 Å². The molecule has 0 saturated carbocycles. The van der Waals surface area contributed by atoms with Crippen molar-refractivity contribution in [2.75, 3.05) is 39.3 Å². The average molecular weight is 317 g/mol. The van der Waals surface area contributed by atoms with Gasteiger partial charge in [-0.05, 0) is 26.8 Å². The third kappa shape index (κ3) is 2.94. The fourth-order valence-corrected chi connectivity index (χ4v) is 3.15. The van der Waals surface area contributed by atoms with Crippen LogP contribution < -0.4 is 0 Å². The van der Waals surface area contributed by atoms with Crippen LogP contribution in [0.15, 0.2) is 6.07 Å². The van der Waals surface area contributed by atoms with E-state index in [9.17, 15) is 4.79 Å². The number of aliphatic hydroxyl groups is 1. The molecule has 0 atom stereocenters. The number of hydrogen-bond acceptors (Lipinski definition) is 5. The number of carbonyl (C=O) groups is 1. The quantitative estimate of drug-likeness (QED) is 0.887. The number of hydrogen-bond donors (Lipinski definition) is 1. The summed E-state index contributed by atoms with van der Waals surface area (Å²) >= 11 is 0. The molecule has 7 heteroatoms. The van der Waals surface area contributed by atoms with Crippen LogP contribution in [0.25, 0.3) is 5.65 Å². The zero-order chi connectivity index (χ0) is 16.6. The number of nitrogens with zero attached hydrogens (tertiary/aromatic N) is 5. The van der Waals surface area contributed by atoms with Crippen LogP contribution in [0.3, 0.4) is 0 Å². The Bertz CT molecular complexity index is 732. The number of piperazine rings is 1. The summed E-state index contributed by atoms with van der Waals surface area (Å²) in [6.45, 7) is 9.49. The second-order valence-electron chi connectivity index (χ2n) is 6.09. The van der Waals surface area contributed by atoms with Crippen LogP contribution in [0.5, 0.6) is 0 Å². The molecule has 2 aromatic heterocycles. The van der Waals surface area contributed by atoms with E-state index in [1.807, 2.05) is 31.7 Å². The van der Waals surface area contributed by atoms with Gasteiger partial charge in [-0.1, -0.05) is 0 Å². The fraction of sp³-hybridized carbons (Fsp3) is 0.562. The van der Waals surface area contributed by atoms with Gasteiger partial charge in [0.15, 0.2) is 5.65 Å². The highest BCUT2D eigenvalue weighted by Crippen LogP contribution is 2.19. The SMILES string of the molecule is Cc1cc(C)n2nc(C)c(C(=O)N3CCN(CCO)CC3)c2n1. The summed E-state index contributed by atoms with van der Waals surface area (Å²) in [7, 11) is 0. The second kappa shape index (κ2) is 6.25. The zero-order valence-corrected chi connectivity index (χ0v) is 13.9. The van der Waals surface area contributed by atoms with Gasteiger partial charge in [0.05, 0.1) is 12.3 Å². The van der Waals surface area contributed by atoms with E-state index < -0.39 is 0 Å². The molecule has 1 amide bonds. The Balaban J connectivity index is 1.89. The van der Waals surface area contributed by atoms with Crippen molar-refractivity contribution in [3.05, 3.63) is 28.7 Å². The van der Waals surface area contributed by atoms with Gasteiger partial charge in [-0.25, -0.2) is 9.50 Å². The molecule has 0 spiro atoms. The molecule has 23 heavy (non-hydrogen) atoms. The van der Waals surface area contributed by atoms with Crippen molar-refractivity contribution in [2.24, 2.45) is 0 Å². The minimum absolute atomic E-state index is 0.00125. The van der Waals surface area contributed by atoms with E-state index in [4.69, 9.17) is 5.11 Å². The topological polar surface area (TPSA) is 74.0 Å². The van der Waals surface area contributed by atoms with Crippen molar-refractivity contribution in [1.29, 1.82) is 0 Å². The number of fused-ring (bicyclic) bond motifs is 1. The van der Waals surface area contributed by atoms with Crippen molar-refractivity contribution in [2.45, 2.75) is 20.8 Å². The molecule has 1 aliphatic rings. The Morgan fingerprint density at radius 2 is 1.91 bits per heavy atom. The lowest BCUT2D eigenvalue weighted by Gasteiger charge is -2.34. The zero-order valence-electron chi connectivity index (χ0n) is 13.9. The summed E-state index contributed by atoms with van der Waals surface area (Å²) < 4.78 is 1.75. The lowest BCUT2D eigenvalue weighted by Crippen LogP contribution is -2.49.